The molecule has 4 aromatic rings. The van der Waals surface area contributed by atoms with Crippen LogP contribution in [-0.4, -0.2) is 11.8 Å². The molecule has 4 aromatic carbocycles. The average molecular weight is 445 g/mol. The Kier molecular flexibility index (Phi) is 6.04. The molecule has 34 heavy (non-hydrogen) atoms. The summed E-state index contributed by atoms with van der Waals surface area (Å²) in [6.45, 7) is 0. The molecule has 2 amide bonds. The highest BCUT2D eigenvalue weighted by atomic mass is 16.2. The molecular weight excluding hydrogens is 420 g/mol. The molecule has 1 atom stereocenters. The molecular formula is C30H24N2O2. The van der Waals surface area contributed by atoms with Gasteiger partial charge in [0.05, 0.1) is 6.04 Å². The van der Waals surface area contributed by atoms with Crippen LogP contribution in [0, 0.1) is 0 Å². The third kappa shape index (κ3) is 4.52. The number of hydrogen-bond donors (Lipinski definition) is 2. The second-order valence-corrected chi connectivity index (χ2v) is 8.27. The van der Waals surface area contributed by atoms with Crippen LogP contribution in [0.1, 0.15) is 49.0 Å². The molecule has 0 saturated carbocycles. The largest absolute Gasteiger partial charge is 0.345 e. The predicted molar refractivity (Wildman–Crippen MR) is 135 cm³/mol. The van der Waals surface area contributed by atoms with Crippen molar-refractivity contribution in [3.63, 3.8) is 0 Å². The van der Waals surface area contributed by atoms with Crippen LogP contribution in [0.5, 0.6) is 0 Å². The van der Waals surface area contributed by atoms with Crippen molar-refractivity contribution in [2.75, 3.05) is 0 Å². The summed E-state index contributed by atoms with van der Waals surface area (Å²) in [5.41, 5.74) is 6.84. The normalized spacial score (nSPS) is 16.7. The number of amides is 2. The van der Waals surface area contributed by atoms with Crippen LogP contribution < -0.4 is 10.6 Å². The number of benzene rings is 4. The molecule has 0 radical (unpaired) electrons. The van der Waals surface area contributed by atoms with E-state index in [1.54, 1.807) is 0 Å². The van der Waals surface area contributed by atoms with Gasteiger partial charge in [-0.2, -0.15) is 0 Å². The minimum Gasteiger partial charge on any atom is -0.345 e. The summed E-state index contributed by atoms with van der Waals surface area (Å²) in [4.78, 5) is 23.5. The molecule has 2 heterocycles. The van der Waals surface area contributed by atoms with Crippen LogP contribution in [-0.2, 0) is 6.42 Å². The number of hydrogen-bond acceptors (Lipinski definition) is 2. The second kappa shape index (κ2) is 9.59. The number of fused-ring (bicyclic) bond motifs is 2. The van der Waals surface area contributed by atoms with Gasteiger partial charge in [0.15, 0.2) is 0 Å². The lowest BCUT2D eigenvalue weighted by atomic mass is 9.99. The first-order valence-electron chi connectivity index (χ1n) is 11.3. The summed E-state index contributed by atoms with van der Waals surface area (Å²) in [5, 5.41) is 5.92. The lowest BCUT2D eigenvalue weighted by molar-refractivity contribution is 0.0953. The molecule has 0 fully saturated rings. The monoisotopic (exact) mass is 444 g/mol. The Balaban J connectivity index is 0.000000142. The molecule has 6 rings (SSSR count). The van der Waals surface area contributed by atoms with Crippen LogP contribution in [0.25, 0.3) is 11.8 Å². The third-order valence-corrected chi connectivity index (χ3v) is 5.99. The summed E-state index contributed by atoms with van der Waals surface area (Å²) in [6.07, 6.45) is 2.84. The van der Waals surface area contributed by atoms with E-state index in [1.165, 1.54) is 5.56 Å². The van der Waals surface area contributed by atoms with Crippen LogP contribution in [0.3, 0.4) is 0 Å². The quantitative estimate of drug-likeness (QED) is 0.430. The smallest absolute Gasteiger partial charge is 0.256 e. The molecule has 2 aliphatic heterocycles. The van der Waals surface area contributed by atoms with Gasteiger partial charge in [0.25, 0.3) is 11.8 Å². The lowest BCUT2D eigenvalue weighted by Crippen LogP contribution is -2.20. The standard InChI is InChI=1S/C15H13NO.C15H11NO/c2*17-15-13-9-5-4-8-12(13)14(16-15)10-11-6-2-1-3-7-11/h1-9,14H,10H2,(H,16,17);1-10H,(H,16,17). The summed E-state index contributed by atoms with van der Waals surface area (Å²) in [6, 6.07) is 35.7. The molecule has 4 heteroatoms. The van der Waals surface area contributed by atoms with E-state index < -0.39 is 0 Å². The Hall–Kier alpha value is -4.44. The van der Waals surface area contributed by atoms with Gasteiger partial charge in [0, 0.05) is 22.4 Å². The summed E-state index contributed by atoms with van der Waals surface area (Å²) < 4.78 is 0. The van der Waals surface area contributed by atoms with E-state index in [9.17, 15) is 9.59 Å². The van der Waals surface area contributed by atoms with Crippen molar-refractivity contribution < 1.29 is 9.59 Å². The van der Waals surface area contributed by atoms with Crippen molar-refractivity contribution in [1.29, 1.82) is 0 Å². The molecule has 0 aliphatic carbocycles. The fraction of sp³-hybridized carbons (Fsp3) is 0.0667. The van der Waals surface area contributed by atoms with Gasteiger partial charge in [0.1, 0.15) is 0 Å². The minimum absolute atomic E-state index is 0.0252. The fourth-order valence-corrected chi connectivity index (χ4v) is 4.33. The topological polar surface area (TPSA) is 58.2 Å². The molecule has 166 valence electrons. The number of rotatable bonds is 3. The van der Waals surface area contributed by atoms with Crippen molar-refractivity contribution in [3.8, 4) is 0 Å². The molecule has 2 N–H and O–H groups in total. The van der Waals surface area contributed by atoms with Crippen molar-refractivity contribution >= 4 is 23.6 Å². The van der Waals surface area contributed by atoms with E-state index in [0.717, 1.165) is 39.9 Å². The van der Waals surface area contributed by atoms with Crippen molar-refractivity contribution in [2.45, 2.75) is 12.5 Å². The highest BCUT2D eigenvalue weighted by molar-refractivity contribution is 6.11. The number of nitrogens with one attached hydrogen (secondary N) is 2. The molecule has 4 nitrogen and oxygen atoms in total. The summed E-state index contributed by atoms with van der Waals surface area (Å²) in [7, 11) is 0. The maximum Gasteiger partial charge on any atom is 0.256 e. The van der Waals surface area contributed by atoms with Crippen LogP contribution >= 0.6 is 0 Å². The van der Waals surface area contributed by atoms with Gasteiger partial charge in [0.2, 0.25) is 0 Å². The molecule has 2 aliphatic rings. The average Bonchev–Trinajstić information content (AvgIpc) is 3.37. The zero-order chi connectivity index (χ0) is 23.3. The maximum absolute atomic E-state index is 11.8. The Morgan fingerprint density at radius 2 is 1.21 bits per heavy atom. The van der Waals surface area contributed by atoms with E-state index >= 15 is 0 Å². The second-order valence-electron chi connectivity index (χ2n) is 8.27. The van der Waals surface area contributed by atoms with E-state index in [4.69, 9.17) is 0 Å². The van der Waals surface area contributed by atoms with Gasteiger partial charge >= 0.3 is 0 Å². The van der Waals surface area contributed by atoms with E-state index in [0.29, 0.717) is 0 Å². The third-order valence-electron chi connectivity index (χ3n) is 5.99. The molecule has 0 bridgehead atoms. The van der Waals surface area contributed by atoms with Crippen LogP contribution in [0.2, 0.25) is 0 Å². The zero-order valence-corrected chi connectivity index (χ0v) is 18.6. The highest BCUT2D eigenvalue weighted by Crippen LogP contribution is 2.28. The van der Waals surface area contributed by atoms with Gasteiger partial charge < -0.3 is 10.6 Å². The van der Waals surface area contributed by atoms with Gasteiger partial charge in [-0.1, -0.05) is 97.1 Å². The molecule has 0 aromatic heterocycles. The molecule has 1 unspecified atom stereocenters. The Morgan fingerprint density at radius 3 is 1.94 bits per heavy atom. The van der Waals surface area contributed by atoms with Crippen LogP contribution in [0.4, 0.5) is 0 Å². The predicted octanol–water partition coefficient (Wildman–Crippen LogP) is 5.64. The number of carbonyl (C=O) groups is 2. The zero-order valence-electron chi connectivity index (χ0n) is 18.6. The van der Waals surface area contributed by atoms with Crippen molar-refractivity contribution in [3.05, 3.63) is 143 Å². The van der Waals surface area contributed by atoms with E-state index in [2.05, 4.69) is 22.8 Å². The first-order valence-corrected chi connectivity index (χ1v) is 11.3. The van der Waals surface area contributed by atoms with Crippen LogP contribution in [0.15, 0.2) is 109 Å². The summed E-state index contributed by atoms with van der Waals surface area (Å²) in [5.74, 6) is 0.0179. The van der Waals surface area contributed by atoms with Gasteiger partial charge in [-0.25, -0.2) is 0 Å². The maximum atomic E-state index is 11.8. The Morgan fingerprint density at radius 1 is 0.618 bits per heavy atom. The SMILES string of the molecule is O=C1NC(=Cc2ccccc2)c2ccccc21.O=C1NC(Cc2ccccc2)c2ccccc21. The first-order chi connectivity index (χ1) is 16.7. The molecule has 0 saturated heterocycles. The molecule has 0 spiro atoms. The van der Waals surface area contributed by atoms with Gasteiger partial charge in [-0.05, 0) is 41.3 Å². The Labute approximate surface area is 199 Å². The summed E-state index contributed by atoms with van der Waals surface area (Å²) >= 11 is 0. The minimum atomic E-state index is -0.0252. The number of carbonyl (C=O) groups excluding carboxylic acids is 2. The van der Waals surface area contributed by atoms with E-state index in [1.807, 2.05) is 103 Å². The lowest BCUT2D eigenvalue weighted by Gasteiger charge is -2.11. The van der Waals surface area contributed by atoms with Crippen molar-refractivity contribution in [1.82, 2.24) is 10.6 Å². The first kappa shape index (κ1) is 21.4. The van der Waals surface area contributed by atoms with Gasteiger partial charge in [-0.15, -0.1) is 0 Å². The fourth-order valence-electron chi connectivity index (χ4n) is 4.33. The van der Waals surface area contributed by atoms with E-state index in [-0.39, 0.29) is 17.9 Å². The Bertz CT molecular complexity index is 1360. The van der Waals surface area contributed by atoms with Gasteiger partial charge in [-0.3, -0.25) is 9.59 Å². The highest BCUT2D eigenvalue weighted by Gasteiger charge is 2.27. The van der Waals surface area contributed by atoms with Crippen molar-refractivity contribution in [2.24, 2.45) is 0 Å².